The molecule has 2 fully saturated rings. The van der Waals surface area contributed by atoms with E-state index in [0.29, 0.717) is 37.4 Å². The summed E-state index contributed by atoms with van der Waals surface area (Å²) in [5, 5.41) is 9.89. The molecule has 0 radical (unpaired) electrons. The Hall–Kier alpha value is -3.14. The number of aromatic nitrogens is 3. The first kappa shape index (κ1) is 20.7. The summed E-state index contributed by atoms with van der Waals surface area (Å²) in [6, 6.07) is 4.27. The van der Waals surface area contributed by atoms with Gasteiger partial charge in [0.1, 0.15) is 29.2 Å². The van der Waals surface area contributed by atoms with Crippen molar-refractivity contribution in [2.45, 2.75) is 37.5 Å². The number of rotatable bonds is 4. The lowest BCUT2D eigenvalue weighted by atomic mass is 10.0. The number of piperidine rings is 1. The van der Waals surface area contributed by atoms with E-state index in [1.54, 1.807) is 12.3 Å². The van der Waals surface area contributed by atoms with Gasteiger partial charge < -0.3 is 15.5 Å². The van der Waals surface area contributed by atoms with Crippen LogP contribution < -0.4 is 15.5 Å². The number of halogens is 3. The molecule has 2 N–H and O–H groups in total. The first-order valence-corrected chi connectivity index (χ1v) is 10.7. The van der Waals surface area contributed by atoms with Crippen molar-refractivity contribution in [1.82, 2.24) is 25.2 Å². The number of carbonyl (C=O) groups is 1. The Kier molecular flexibility index (Phi) is 5.46. The summed E-state index contributed by atoms with van der Waals surface area (Å²) in [6.07, 6.45) is 3.88. The van der Waals surface area contributed by atoms with E-state index < -0.39 is 29.8 Å². The number of nitrogens with one attached hydrogen (secondary N) is 2. The predicted molar refractivity (Wildman–Crippen MR) is 112 cm³/mol. The van der Waals surface area contributed by atoms with Crippen LogP contribution in [0.2, 0.25) is 0 Å². The molecule has 0 aliphatic carbocycles. The molecule has 1 aromatic carbocycles. The minimum Gasteiger partial charge on any atom is -0.349 e. The lowest BCUT2D eigenvalue weighted by Gasteiger charge is -2.27. The molecule has 4 heterocycles. The Labute approximate surface area is 182 Å². The summed E-state index contributed by atoms with van der Waals surface area (Å²) in [5.74, 6) is -0.844. The highest BCUT2D eigenvalue weighted by Gasteiger charge is 2.31. The Bertz CT molecular complexity index is 1150. The van der Waals surface area contributed by atoms with Crippen molar-refractivity contribution in [3.05, 3.63) is 59.4 Å². The van der Waals surface area contributed by atoms with Crippen molar-refractivity contribution in [3.63, 3.8) is 0 Å². The fourth-order valence-corrected chi connectivity index (χ4v) is 4.54. The van der Waals surface area contributed by atoms with E-state index in [1.165, 1.54) is 16.8 Å². The van der Waals surface area contributed by atoms with Gasteiger partial charge in [-0.2, -0.15) is 5.10 Å². The molecule has 32 heavy (non-hydrogen) atoms. The van der Waals surface area contributed by atoms with Gasteiger partial charge in [0.25, 0.3) is 5.91 Å². The smallest absolute Gasteiger partial charge is 0.257 e. The molecule has 2 aliphatic heterocycles. The van der Waals surface area contributed by atoms with Gasteiger partial charge in [0.15, 0.2) is 5.65 Å². The topological polar surface area (TPSA) is 74.6 Å². The van der Waals surface area contributed by atoms with Crippen LogP contribution >= 0.6 is 0 Å². The standard InChI is InChI=1S/C22H23F3N6O/c23-13-3-4-16(24)14(10-13)19-2-1-8-30(19)20-6-9-31-21(29-20)15(11-27-31)22(32)28-18-5-7-26-12-17(18)25/h3-4,6,9-11,17-19,26H,1-2,5,7-8,12H2,(H,28,32)/t17-,18-,19-/m1/s1. The molecule has 3 atom stereocenters. The lowest BCUT2D eigenvalue weighted by Crippen LogP contribution is -2.50. The molecule has 0 unspecified atom stereocenters. The van der Waals surface area contributed by atoms with Gasteiger partial charge in [-0.15, -0.1) is 0 Å². The maximum absolute atomic E-state index is 14.4. The van der Waals surface area contributed by atoms with Gasteiger partial charge >= 0.3 is 0 Å². The Morgan fingerprint density at radius 3 is 2.94 bits per heavy atom. The summed E-state index contributed by atoms with van der Waals surface area (Å²) in [6.45, 7) is 1.46. The van der Waals surface area contributed by atoms with Gasteiger partial charge in [-0.3, -0.25) is 4.79 Å². The highest BCUT2D eigenvalue weighted by atomic mass is 19.1. The van der Waals surface area contributed by atoms with Crippen LogP contribution in [0.3, 0.4) is 0 Å². The second kappa shape index (κ2) is 8.42. The Balaban J connectivity index is 1.44. The third kappa shape index (κ3) is 3.79. The van der Waals surface area contributed by atoms with Crippen molar-refractivity contribution < 1.29 is 18.0 Å². The summed E-state index contributed by atoms with van der Waals surface area (Å²) >= 11 is 0. The Morgan fingerprint density at radius 2 is 2.09 bits per heavy atom. The van der Waals surface area contributed by atoms with E-state index in [0.717, 1.165) is 18.6 Å². The van der Waals surface area contributed by atoms with Crippen molar-refractivity contribution in [2.24, 2.45) is 0 Å². The van der Waals surface area contributed by atoms with Gasteiger partial charge in [0.2, 0.25) is 0 Å². The van der Waals surface area contributed by atoms with E-state index in [9.17, 15) is 18.0 Å². The fraction of sp³-hybridized carbons (Fsp3) is 0.409. The van der Waals surface area contributed by atoms with Crippen molar-refractivity contribution in [2.75, 3.05) is 24.5 Å². The molecule has 0 bridgehead atoms. The van der Waals surface area contributed by atoms with Crippen LogP contribution in [0.25, 0.3) is 5.65 Å². The molecule has 10 heteroatoms. The summed E-state index contributed by atoms with van der Waals surface area (Å²) < 4.78 is 43.8. The molecule has 168 valence electrons. The maximum Gasteiger partial charge on any atom is 0.257 e. The molecular weight excluding hydrogens is 421 g/mol. The summed E-state index contributed by atoms with van der Waals surface area (Å²) in [5.41, 5.74) is 0.857. The molecule has 3 aromatic rings. The van der Waals surface area contributed by atoms with Crippen molar-refractivity contribution in [1.29, 1.82) is 0 Å². The summed E-state index contributed by atoms with van der Waals surface area (Å²) in [4.78, 5) is 19.4. The molecule has 1 amide bonds. The third-order valence-corrected chi connectivity index (χ3v) is 6.19. The van der Waals surface area contributed by atoms with Gasteiger partial charge in [0, 0.05) is 24.8 Å². The lowest BCUT2D eigenvalue weighted by molar-refractivity contribution is 0.0893. The number of anilines is 1. The fourth-order valence-electron chi connectivity index (χ4n) is 4.54. The summed E-state index contributed by atoms with van der Waals surface area (Å²) in [7, 11) is 0. The van der Waals surface area contributed by atoms with Crippen LogP contribution in [0.15, 0.2) is 36.7 Å². The maximum atomic E-state index is 14.4. The minimum absolute atomic E-state index is 0.203. The van der Waals surface area contributed by atoms with Crippen LogP contribution in [0.1, 0.15) is 41.2 Å². The predicted octanol–water partition coefficient (Wildman–Crippen LogP) is 2.78. The second-order valence-electron chi connectivity index (χ2n) is 8.22. The van der Waals surface area contributed by atoms with E-state index in [4.69, 9.17) is 0 Å². The van der Waals surface area contributed by atoms with Gasteiger partial charge in [-0.1, -0.05) is 0 Å². The van der Waals surface area contributed by atoms with E-state index in [1.807, 2.05) is 4.90 Å². The van der Waals surface area contributed by atoms with Crippen LogP contribution in [0.5, 0.6) is 0 Å². The van der Waals surface area contributed by atoms with Crippen LogP contribution in [0, 0.1) is 11.6 Å². The minimum atomic E-state index is -1.16. The molecule has 2 aliphatic rings. The number of carbonyl (C=O) groups excluding carboxylic acids is 1. The van der Waals surface area contributed by atoms with Crippen LogP contribution in [-0.2, 0) is 0 Å². The largest absolute Gasteiger partial charge is 0.349 e. The van der Waals surface area contributed by atoms with Crippen LogP contribution in [0.4, 0.5) is 19.0 Å². The molecule has 7 nitrogen and oxygen atoms in total. The number of hydrogen-bond donors (Lipinski definition) is 2. The number of fused-ring (bicyclic) bond motifs is 1. The van der Waals surface area contributed by atoms with E-state index >= 15 is 0 Å². The number of nitrogens with zero attached hydrogens (tertiary/aromatic N) is 4. The second-order valence-corrected chi connectivity index (χ2v) is 8.22. The zero-order chi connectivity index (χ0) is 22.2. The number of alkyl halides is 1. The monoisotopic (exact) mass is 444 g/mol. The third-order valence-electron chi connectivity index (χ3n) is 6.19. The molecule has 5 rings (SSSR count). The number of amides is 1. The van der Waals surface area contributed by atoms with Gasteiger partial charge in [-0.25, -0.2) is 22.7 Å². The molecule has 0 saturated carbocycles. The SMILES string of the molecule is O=C(N[C@@H]1CCNC[C@H]1F)c1cnn2ccc(N3CCC[C@@H]3c3cc(F)ccc3F)nc12. The van der Waals surface area contributed by atoms with Crippen molar-refractivity contribution in [3.8, 4) is 0 Å². The average molecular weight is 444 g/mol. The van der Waals surface area contributed by atoms with Crippen molar-refractivity contribution >= 4 is 17.4 Å². The first-order chi connectivity index (χ1) is 15.5. The normalized spacial score (nSPS) is 23.6. The quantitative estimate of drug-likeness (QED) is 0.648. The van der Waals surface area contributed by atoms with E-state index in [2.05, 4.69) is 20.7 Å². The highest BCUT2D eigenvalue weighted by Crippen LogP contribution is 2.36. The first-order valence-electron chi connectivity index (χ1n) is 10.7. The Morgan fingerprint density at radius 1 is 1.22 bits per heavy atom. The molecule has 0 spiro atoms. The molecule has 2 saturated heterocycles. The van der Waals surface area contributed by atoms with Gasteiger partial charge in [0.05, 0.1) is 18.3 Å². The highest BCUT2D eigenvalue weighted by molar-refractivity contribution is 6.00. The van der Waals surface area contributed by atoms with Gasteiger partial charge in [-0.05, 0) is 50.1 Å². The van der Waals surface area contributed by atoms with E-state index in [-0.39, 0.29) is 23.7 Å². The average Bonchev–Trinajstić information content (AvgIpc) is 3.43. The zero-order valence-electron chi connectivity index (χ0n) is 17.3. The zero-order valence-corrected chi connectivity index (χ0v) is 17.3. The number of hydrogen-bond acceptors (Lipinski definition) is 5. The molecule has 2 aromatic heterocycles. The number of benzene rings is 1. The molecular formula is C22H23F3N6O. The van der Waals surface area contributed by atoms with Crippen LogP contribution in [-0.4, -0.2) is 52.4 Å².